The number of hydrogen-bond acceptors (Lipinski definition) is 5. The minimum absolute atomic E-state index is 0.00856. The number of anilines is 1. The predicted octanol–water partition coefficient (Wildman–Crippen LogP) is 1.03. The number of morpholine rings is 1. The van der Waals surface area contributed by atoms with Gasteiger partial charge in [-0.3, -0.25) is 4.40 Å². The number of rotatable bonds is 1. The van der Waals surface area contributed by atoms with Crippen LogP contribution in [-0.2, 0) is 4.74 Å². The zero-order chi connectivity index (χ0) is 14.3. The van der Waals surface area contributed by atoms with Crippen LogP contribution in [0, 0.1) is 0 Å². The minimum Gasteiger partial charge on any atom is -0.371 e. The summed E-state index contributed by atoms with van der Waals surface area (Å²) >= 11 is 0. The van der Waals surface area contributed by atoms with E-state index in [9.17, 15) is 0 Å². The summed E-state index contributed by atoms with van der Waals surface area (Å²) in [6.45, 7) is 4.78. The molecule has 2 saturated heterocycles. The standard InChI is InChI=1S/C15H21N5O/c1-18-8-5-15(6-9-18)12-19(10-11-21-15)14-17-16-13-4-2-3-7-20(13)14/h2-4,7H,5-6,8-12H2,1H3. The highest BCUT2D eigenvalue weighted by Gasteiger charge is 2.40. The molecule has 4 rings (SSSR count). The van der Waals surface area contributed by atoms with Gasteiger partial charge in [0.15, 0.2) is 5.65 Å². The Morgan fingerprint density at radius 2 is 2.00 bits per heavy atom. The van der Waals surface area contributed by atoms with Gasteiger partial charge in [-0.05, 0) is 32.0 Å². The molecule has 0 bridgehead atoms. The van der Waals surface area contributed by atoms with Crippen molar-refractivity contribution in [3.05, 3.63) is 24.4 Å². The van der Waals surface area contributed by atoms with Gasteiger partial charge >= 0.3 is 0 Å². The Morgan fingerprint density at radius 3 is 2.86 bits per heavy atom. The maximum atomic E-state index is 6.17. The number of piperidine rings is 1. The van der Waals surface area contributed by atoms with E-state index >= 15 is 0 Å². The van der Waals surface area contributed by atoms with Crippen molar-refractivity contribution in [3.8, 4) is 0 Å². The zero-order valence-corrected chi connectivity index (χ0v) is 12.4. The van der Waals surface area contributed by atoms with E-state index in [0.29, 0.717) is 0 Å². The second-order valence-corrected chi connectivity index (χ2v) is 6.19. The smallest absolute Gasteiger partial charge is 0.231 e. The van der Waals surface area contributed by atoms with Crippen LogP contribution < -0.4 is 4.90 Å². The molecule has 0 saturated carbocycles. The van der Waals surface area contributed by atoms with Crippen molar-refractivity contribution in [1.29, 1.82) is 0 Å². The molecule has 0 unspecified atom stereocenters. The van der Waals surface area contributed by atoms with Crippen LogP contribution in [0.1, 0.15) is 12.8 Å². The van der Waals surface area contributed by atoms with Crippen LogP contribution in [0.4, 0.5) is 5.95 Å². The van der Waals surface area contributed by atoms with Gasteiger partial charge < -0.3 is 14.5 Å². The van der Waals surface area contributed by atoms with E-state index in [1.54, 1.807) is 0 Å². The lowest BCUT2D eigenvalue weighted by atomic mass is 9.89. The number of likely N-dealkylation sites (tertiary alicyclic amines) is 1. The molecule has 0 aromatic carbocycles. The third-order valence-corrected chi connectivity index (χ3v) is 4.73. The van der Waals surface area contributed by atoms with Crippen LogP contribution in [0.3, 0.4) is 0 Å². The van der Waals surface area contributed by atoms with Gasteiger partial charge in [0.25, 0.3) is 0 Å². The molecule has 0 atom stereocenters. The summed E-state index contributed by atoms with van der Waals surface area (Å²) in [5, 5.41) is 8.65. The van der Waals surface area contributed by atoms with Crippen molar-refractivity contribution in [3.63, 3.8) is 0 Å². The first kappa shape index (κ1) is 13.0. The number of ether oxygens (including phenoxy) is 1. The van der Waals surface area contributed by atoms with Crippen molar-refractivity contribution in [2.75, 3.05) is 44.7 Å². The van der Waals surface area contributed by atoms with Gasteiger partial charge in [-0.25, -0.2) is 0 Å². The van der Waals surface area contributed by atoms with Crippen LogP contribution in [0.2, 0.25) is 0 Å². The fraction of sp³-hybridized carbons (Fsp3) is 0.600. The molecule has 2 aliphatic rings. The maximum absolute atomic E-state index is 6.17. The highest BCUT2D eigenvalue weighted by Crippen LogP contribution is 2.31. The topological polar surface area (TPSA) is 45.9 Å². The highest BCUT2D eigenvalue weighted by molar-refractivity contribution is 5.46. The third kappa shape index (κ3) is 2.28. The summed E-state index contributed by atoms with van der Waals surface area (Å²) in [7, 11) is 2.18. The van der Waals surface area contributed by atoms with E-state index in [4.69, 9.17) is 4.74 Å². The van der Waals surface area contributed by atoms with Gasteiger partial charge in [-0.15, -0.1) is 10.2 Å². The number of pyridine rings is 1. The largest absolute Gasteiger partial charge is 0.371 e. The molecule has 2 aliphatic heterocycles. The SMILES string of the molecule is CN1CCC2(CC1)CN(c1nnc3ccccn13)CCO2. The molecule has 6 heteroatoms. The van der Waals surface area contributed by atoms with E-state index in [1.165, 1.54) is 0 Å². The van der Waals surface area contributed by atoms with Crippen LogP contribution in [0.5, 0.6) is 0 Å². The van der Waals surface area contributed by atoms with E-state index in [0.717, 1.165) is 57.2 Å². The van der Waals surface area contributed by atoms with Crippen LogP contribution >= 0.6 is 0 Å². The van der Waals surface area contributed by atoms with E-state index in [2.05, 4.69) is 31.4 Å². The van der Waals surface area contributed by atoms with Gasteiger partial charge in [0, 0.05) is 25.8 Å². The summed E-state index contributed by atoms with van der Waals surface area (Å²) in [5.41, 5.74) is 0.891. The fourth-order valence-corrected chi connectivity index (χ4v) is 3.39. The average molecular weight is 287 g/mol. The summed E-state index contributed by atoms with van der Waals surface area (Å²) in [4.78, 5) is 4.70. The average Bonchev–Trinajstić information content (AvgIpc) is 2.95. The normalized spacial score (nSPS) is 23.0. The quantitative estimate of drug-likeness (QED) is 0.784. The second kappa shape index (κ2) is 4.96. The summed E-state index contributed by atoms with van der Waals surface area (Å²) in [6.07, 6.45) is 4.22. The number of hydrogen-bond donors (Lipinski definition) is 0. The minimum atomic E-state index is -0.00856. The molecule has 0 amide bonds. The Hall–Kier alpha value is -1.66. The summed E-state index contributed by atoms with van der Waals surface area (Å²) in [6, 6.07) is 6.00. The summed E-state index contributed by atoms with van der Waals surface area (Å²) < 4.78 is 8.23. The van der Waals surface area contributed by atoms with Crippen molar-refractivity contribution in [1.82, 2.24) is 19.5 Å². The molecule has 0 N–H and O–H groups in total. The molecule has 21 heavy (non-hydrogen) atoms. The van der Waals surface area contributed by atoms with E-state index < -0.39 is 0 Å². The lowest BCUT2D eigenvalue weighted by Crippen LogP contribution is -2.56. The molecule has 2 aromatic heterocycles. The molecule has 0 aliphatic carbocycles. The van der Waals surface area contributed by atoms with Crippen LogP contribution in [0.25, 0.3) is 5.65 Å². The second-order valence-electron chi connectivity index (χ2n) is 6.19. The van der Waals surface area contributed by atoms with E-state index in [1.807, 2.05) is 24.4 Å². The molecular weight excluding hydrogens is 266 g/mol. The predicted molar refractivity (Wildman–Crippen MR) is 80.6 cm³/mol. The number of aromatic nitrogens is 3. The lowest BCUT2D eigenvalue weighted by Gasteiger charge is -2.46. The van der Waals surface area contributed by atoms with Crippen LogP contribution in [-0.4, -0.2) is 64.9 Å². The van der Waals surface area contributed by atoms with Crippen molar-refractivity contribution in [2.24, 2.45) is 0 Å². The maximum Gasteiger partial charge on any atom is 0.231 e. The Balaban J connectivity index is 1.61. The molecule has 0 radical (unpaired) electrons. The summed E-state index contributed by atoms with van der Waals surface area (Å²) in [5.74, 6) is 0.937. The third-order valence-electron chi connectivity index (χ3n) is 4.73. The monoisotopic (exact) mass is 287 g/mol. The fourth-order valence-electron chi connectivity index (χ4n) is 3.39. The van der Waals surface area contributed by atoms with Crippen molar-refractivity contribution < 1.29 is 4.74 Å². The number of nitrogens with zero attached hydrogens (tertiary/aromatic N) is 5. The van der Waals surface area contributed by atoms with Gasteiger partial charge in [0.2, 0.25) is 5.95 Å². The van der Waals surface area contributed by atoms with Gasteiger partial charge in [-0.2, -0.15) is 0 Å². The Kier molecular flexibility index (Phi) is 3.08. The molecular formula is C15H21N5O. The Labute approximate surface area is 124 Å². The Bertz CT molecular complexity index is 632. The number of fused-ring (bicyclic) bond motifs is 1. The van der Waals surface area contributed by atoms with Gasteiger partial charge in [-0.1, -0.05) is 6.07 Å². The molecule has 2 fully saturated rings. The molecule has 6 nitrogen and oxygen atoms in total. The van der Waals surface area contributed by atoms with Crippen molar-refractivity contribution in [2.45, 2.75) is 18.4 Å². The lowest BCUT2D eigenvalue weighted by molar-refractivity contribution is -0.0886. The zero-order valence-electron chi connectivity index (χ0n) is 12.4. The molecule has 2 aromatic rings. The first-order valence-electron chi connectivity index (χ1n) is 7.63. The molecule has 1 spiro atoms. The Morgan fingerprint density at radius 1 is 1.14 bits per heavy atom. The van der Waals surface area contributed by atoms with Crippen molar-refractivity contribution >= 4 is 11.6 Å². The molecule has 112 valence electrons. The first-order chi connectivity index (χ1) is 10.3. The van der Waals surface area contributed by atoms with E-state index in [-0.39, 0.29) is 5.60 Å². The molecule has 4 heterocycles. The van der Waals surface area contributed by atoms with Crippen LogP contribution in [0.15, 0.2) is 24.4 Å². The van der Waals surface area contributed by atoms with Gasteiger partial charge in [0.1, 0.15) is 0 Å². The van der Waals surface area contributed by atoms with Gasteiger partial charge in [0.05, 0.1) is 18.8 Å². The first-order valence-corrected chi connectivity index (χ1v) is 7.63. The highest BCUT2D eigenvalue weighted by atomic mass is 16.5.